The number of carboxylic acid groups (broad SMARTS) is 1. The molecule has 54 heavy (non-hydrogen) atoms. The van der Waals surface area contributed by atoms with Gasteiger partial charge in [0.05, 0.1) is 12.7 Å². The lowest BCUT2D eigenvalue weighted by atomic mass is 9.59. The molecule has 4 atom stereocenters. The molecule has 8 rings (SSSR count). The van der Waals surface area contributed by atoms with Gasteiger partial charge in [0, 0.05) is 54.9 Å². The average molecular weight is 758 g/mol. The molecule has 0 unspecified atom stereocenters. The lowest BCUT2D eigenvalue weighted by molar-refractivity contribution is -0.144. The molecule has 1 spiro atoms. The number of likely N-dealkylation sites (tertiary alicyclic amines) is 1. The van der Waals surface area contributed by atoms with Crippen molar-refractivity contribution in [2.75, 3.05) is 45.3 Å². The molecule has 0 radical (unpaired) electrons. The summed E-state index contributed by atoms with van der Waals surface area (Å²) in [6.45, 7) is 8.58. The molecule has 1 saturated carbocycles. The average Bonchev–Trinajstić information content (AvgIpc) is 3.44. The molecule has 2 aliphatic heterocycles. The van der Waals surface area contributed by atoms with Crippen molar-refractivity contribution in [3.63, 3.8) is 0 Å². The molecule has 1 aromatic heterocycles. The zero-order valence-corrected chi connectivity index (χ0v) is 32.8. The second-order valence-corrected chi connectivity index (χ2v) is 17.4. The molecule has 9 nitrogen and oxygen atoms in total. The number of ether oxygens (including phenoxy) is 4. The third-order valence-corrected chi connectivity index (χ3v) is 13.6. The Kier molecular flexibility index (Phi) is 10.8. The van der Waals surface area contributed by atoms with Crippen LogP contribution in [0.3, 0.4) is 0 Å². The Balaban J connectivity index is 1.04. The molecule has 2 N–H and O–H groups in total. The molecule has 1 saturated heterocycles. The molecule has 0 bridgehead atoms. The molecule has 2 fully saturated rings. The number of aromatic nitrogens is 1. The summed E-state index contributed by atoms with van der Waals surface area (Å²) in [6, 6.07) is 13.9. The summed E-state index contributed by atoms with van der Waals surface area (Å²) >= 11 is 6.32. The van der Waals surface area contributed by atoms with Crippen molar-refractivity contribution < 1.29 is 28.8 Å². The van der Waals surface area contributed by atoms with Crippen LogP contribution in [0, 0.1) is 11.8 Å². The predicted molar refractivity (Wildman–Crippen MR) is 210 cm³/mol. The Bertz CT molecular complexity index is 1820. The summed E-state index contributed by atoms with van der Waals surface area (Å²) < 4.78 is 25.4. The highest BCUT2D eigenvalue weighted by molar-refractivity contribution is 6.30. The third kappa shape index (κ3) is 7.40. The number of nitrogens with one attached hydrogen (secondary N) is 1. The number of benzene rings is 2. The topological polar surface area (TPSA) is 102 Å². The van der Waals surface area contributed by atoms with Crippen LogP contribution >= 0.6 is 11.6 Å². The van der Waals surface area contributed by atoms with Crippen LogP contribution in [0.4, 0.5) is 5.69 Å². The van der Waals surface area contributed by atoms with Crippen molar-refractivity contribution in [1.29, 1.82) is 0 Å². The number of anilines is 1. The van der Waals surface area contributed by atoms with E-state index in [1.807, 2.05) is 36.5 Å². The fraction of sp³-hybridized carbons (Fsp3) is 0.591. The van der Waals surface area contributed by atoms with E-state index in [4.69, 9.17) is 30.5 Å². The Hall–Kier alpha value is -3.53. The number of pyridine rings is 1. The fourth-order valence-corrected chi connectivity index (χ4v) is 10.6. The smallest absolute Gasteiger partial charge is 0.329 e. The van der Waals surface area contributed by atoms with Crippen LogP contribution in [0.1, 0.15) is 99.9 Å². The summed E-state index contributed by atoms with van der Waals surface area (Å²) in [5, 5.41) is 14.7. The molecule has 290 valence electrons. The minimum atomic E-state index is -1.08. The maximum absolute atomic E-state index is 13.1. The molecule has 5 aliphatic rings. The van der Waals surface area contributed by atoms with Crippen LogP contribution in [0.25, 0.3) is 0 Å². The van der Waals surface area contributed by atoms with Gasteiger partial charge in [-0.15, -0.1) is 0 Å². The van der Waals surface area contributed by atoms with E-state index in [9.17, 15) is 9.90 Å². The van der Waals surface area contributed by atoms with E-state index in [2.05, 4.69) is 41.2 Å². The van der Waals surface area contributed by atoms with E-state index in [-0.39, 0.29) is 11.5 Å². The molecule has 3 heterocycles. The highest BCUT2D eigenvalue weighted by Gasteiger charge is 2.54. The van der Waals surface area contributed by atoms with Crippen LogP contribution in [-0.2, 0) is 27.8 Å². The molecule has 2 aromatic carbocycles. The molecule has 10 heteroatoms. The van der Waals surface area contributed by atoms with Crippen LogP contribution < -0.4 is 19.5 Å². The lowest BCUT2D eigenvalue weighted by Gasteiger charge is -2.47. The second-order valence-electron chi connectivity index (χ2n) is 16.9. The fourth-order valence-electron chi connectivity index (χ4n) is 10.4. The maximum Gasteiger partial charge on any atom is 0.329 e. The predicted octanol–water partition coefficient (Wildman–Crippen LogP) is 8.45. The number of methoxy groups -OCH3 is 1. The number of aryl methyl sites for hydroxylation is 1. The van der Waals surface area contributed by atoms with Crippen molar-refractivity contribution in [2.45, 2.75) is 114 Å². The normalized spacial score (nSPS) is 28.6. The summed E-state index contributed by atoms with van der Waals surface area (Å²) in [5.74, 6) is 2.89. The van der Waals surface area contributed by atoms with Crippen molar-refractivity contribution >= 4 is 23.3 Å². The number of hydrogen-bond donors (Lipinski definition) is 2. The van der Waals surface area contributed by atoms with Crippen LogP contribution in [0.5, 0.6) is 17.2 Å². The first kappa shape index (κ1) is 37.4. The molecule has 3 aromatic rings. The summed E-state index contributed by atoms with van der Waals surface area (Å²) in [6.07, 6.45) is 12.1. The standard InChI is InChI=1S/C44H56ClN3O6/c1-28(26-52-38-10-17-46-37-9-4-6-29(2)41(37)38)20-31-21-30-22-39-40(54-35(27-53-39)25-48-18-11-34(51-3)12-19-48)24-36(30)43(31)13-15-44(16-14-43,42(49)50)47-33-8-5-7-32(45)23-33/h5,7-8,10,17,22-24,28-29,31,34-35,47H,4,6,9,11-16,18-21,25-27H2,1-3H3,(H,49,50)/t28-,29-,31+,35+,43?,44?/m1/s1. The monoisotopic (exact) mass is 757 g/mol. The number of aliphatic carboxylic acids is 1. The largest absolute Gasteiger partial charge is 0.493 e. The highest BCUT2D eigenvalue weighted by atomic mass is 35.5. The zero-order chi connectivity index (χ0) is 37.5. The van der Waals surface area contributed by atoms with E-state index < -0.39 is 11.5 Å². The Morgan fingerprint density at radius 2 is 1.93 bits per heavy atom. The zero-order valence-electron chi connectivity index (χ0n) is 32.1. The number of nitrogens with zero attached hydrogens (tertiary/aromatic N) is 2. The number of carboxylic acids is 1. The first-order valence-electron chi connectivity index (χ1n) is 20.2. The highest BCUT2D eigenvalue weighted by Crippen LogP contribution is 2.58. The number of rotatable bonds is 11. The van der Waals surface area contributed by atoms with Crippen molar-refractivity contribution in [3.05, 3.63) is 76.1 Å². The Morgan fingerprint density at radius 3 is 2.69 bits per heavy atom. The molecular formula is C44H56ClN3O6. The molecular weight excluding hydrogens is 702 g/mol. The number of piperidine rings is 1. The van der Waals surface area contributed by atoms with Gasteiger partial charge in [-0.2, -0.15) is 0 Å². The quantitative estimate of drug-likeness (QED) is 0.200. The third-order valence-electron chi connectivity index (χ3n) is 13.4. The van der Waals surface area contributed by atoms with Crippen molar-refractivity contribution in [1.82, 2.24) is 9.88 Å². The summed E-state index contributed by atoms with van der Waals surface area (Å²) in [5.41, 5.74) is 4.56. The SMILES string of the molecule is COC1CCN(C[C@H]2COc3cc4c(cc3O2)C2(CCC(Nc3cccc(Cl)c3)(C(=O)O)CC2)[C@@H](C[C@@H](C)COc2ccnc3c2[C@H](C)CCC3)C4)CC1. The summed E-state index contributed by atoms with van der Waals surface area (Å²) in [7, 11) is 1.80. The van der Waals surface area contributed by atoms with Gasteiger partial charge in [0.15, 0.2) is 11.5 Å². The van der Waals surface area contributed by atoms with E-state index >= 15 is 0 Å². The van der Waals surface area contributed by atoms with Crippen LogP contribution in [-0.4, -0.2) is 78.7 Å². The lowest BCUT2D eigenvalue weighted by Crippen LogP contribution is -2.53. The Labute approximate surface area is 325 Å². The number of hydrogen-bond acceptors (Lipinski definition) is 8. The van der Waals surface area contributed by atoms with Gasteiger partial charge in [0.1, 0.15) is 24.0 Å². The van der Waals surface area contributed by atoms with Gasteiger partial charge in [-0.05, 0) is 141 Å². The van der Waals surface area contributed by atoms with E-state index in [1.165, 1.54) is 35.2 Å². The minimum absolute atomic E-state index is 0.0467. The number of halogens is 1. The van der Waals surface area contributed by atoms with Gasteiger partial charge in [0.25, 0.3) is 0 Å². The van der Waals surface area contributed by atoms with Crippen molar-refractivity contribution in [3.8, 4) is 17.2 Å². The second kappa shape index (κ2) is 15.5. The van der Waals surface area contributed by atoms with E-state index in [0.29, 0.717) is 54.9 Å². The minimum Gasteiger partial charge on any atom is -0.493 e. The van der Waals surface area contributed by atoms with Crippen LogP contribution in [0.15, 0.2) is 48.7 Å². The van der Waals surface area contributed by atoms with Gasteiger partial charge < -0.3 is 29.4 Å². The van der Waals surface area contributed by atoms with Crippen molar-refractivity contribution in [2.24, 2.45) is 11.8 Å². The van der Waals surface area contributed by atoms with E-state index in [0.717, 1.165) is 87.5 Å². The van der Waals surface area contributed by atoms with Gasteiger partial charge in [0.2, 0.25) is 0 Å². The number of fused-ring (bicyclic) bond motifs is 4. The van der Waals surface area contributed by atoms with Crippen LogP contribution in [0.2, 0.25) is 5.02 Å². The summed E-state index contributed by atoms with van der Waals surface area (Å²) in [4.78, 5) is 20.2. The van der Waals surface area contributed by atoms with Gasteiger partial charge in [-0.25, -0.2) is 4.79 Å². The Morgan fingerprint density at radius 1 is 1.11 bits per heavy atom. The van der Waals surface area contributed by atoms with Gasteiger partial charge in [-0.1, -0.05) is 31.5 Å². The molecule has 0 amide bonds. The first-order valence-corrected chi connectivity index (χ1v) is 20.6. The maximum atomic E-state index is 13.1. The van der Waals surface area contributed by atoms with Gasteiger partial charge in [-0.3, -0.25) is 9.88 Å². The number of carbonyl (C=O) groups is 1. The van der Waals surface area contributed by atoms with Gasteiger partial charge >= 0.3 is 5.97 Å². The first-order chi connectivity index (χ1) is 26.1. The molecule has 3 aliphatic carbocycles. The van der Waals surface area contributed by atoms with E-state index in [1.54, 1.807) is 7.11 Å².